The van der Waals surface area contributed by atoms with Crippen molar-refractivity contribution in [2.75, 3.05) is 0 Å². The molecule has 0 unspecified atom stereocenters. The summed E-state index contributed by atoms with van der Waals surface area (Å²) in [5.74, 6) is 0.581. The van der Waals surface area contributed by atoms with E-state index in [0.717, 1.165) is 37.6 Å². The molecular formula is C24H20BrClF3N5O2. The minimum absolute atomic E-state index is 0.0735. The number of Topliss-reactive ketones (excluding diaryl/α,β-unsaturated/α-hetero) is 1. The lowest BCUT2D eigenvalue weighted by Gasteiger charge is -2.10. The maximum absolute atomic E-state index is 12.7. The zero-order chi connectivity index (χ0) is 26.5. The molecule has 0 aliphatic carbocycles. The van der Waals surface area contributed by atoms with Gasteiger partial charge in [0, 0.05) is 53.4 Å². The Morgan fingerprint density at radius 1 is 1.14 bits per heavy atom. The molecule has 3 aromatic heterocycles. The molecule has 188 valence electrons. The Kier molecular flexibility index (Phi) is 8.93. The third-order valence-corrected chi connectivity index (χ3v) is 5.86. The van der Waals surface area contributed by atoms with Crippen molar-refractivity contribution in [2.24, 2.45) is 5.73 Å². The fraction of sp³-hybridized carbons (Fsp3) is 0.208. The first-order valence-electron chi connectivity index (χ1n) is 10.5. The number of hydrogen-bond donors (Lipinski definition) is 1. The molecular weight excluding hydrogens is 563 g/mol. The number of aryl methyl sites for hydroxylation is 1. The molecule has 36 heavy (non-hydrogen) atoms. The number of alkyl halides is 3. The van der Waals surface area contributed by atoms with Crippen molar-refractivity contribution in [1.29, 1.82) is 0 Å². The number of nitrogens with zero attached hydrogens (tertiary/aromatic N) is 4. The Hall–Kier alpha value is -3.15. The zero-order valence-electron chi connectivity index (χ0n) is 18.9. The summed E-state index contributed by atoms with van der Waals surface area (Å²) in [6, 6.07) is 7.71. The van der Waals surface area contributed by atoms with Crippen molar-refractivity contribution in [3.05, 3.63) is 80.8 Å². The number of benzene rings is 1. The molecule has 0 bridgehead atoms. The van der Waals surface area contributed by atoms with Crippen LogP contribution in [0.2, 0.25) is 5.02 Å². The van der Waals surface area contributed by atoms with E-state index in [9.17, 15) is 18.0 Å². The lowest BCUT2D eigenvalue weighted by Crippen LogP contribution is -2.09. The number of aromatic nitrogens is 4. The molecule has 0 aliphatic heterocycles. The summed E-state index contributed by atoms with van der Waals surface area (Å²) in [7, 11) is 0. The van der Waals surface area contributed by atoms with E-state index in [-0.39, 0.29) is 12.2 Å². The van der Waals surface area contributed by atoms with Crippen LogP contribution in [0.15, 0.2) is 53.5 Å². The molecule has 12 heteroatoms. The molecule has 4 aromatic rings. The van der Waals surface area contributed by atoms with Gasteiger partial charge in [0.2, 0.25) is 6.29 Å². The van der Waals surface area contributed by atoms with E-state index in [0.29, 0.717) is 23.8 Å². The van der Waals surface area contributed by atoms with E-state index < -0.39 is 12.5 Å². The van der Waals surface area contributed by atoms with E-state index in [1.165, 1.54) is 0 Å². The monoisotopic (exact) mass is 581 g/mol. The Labute approximate surface area is 217 Å². The Bertz CT molecular complexity index is 1410. The summed E-state index contributed by atoms with van der Waals surface area (Å²) in [6.45, 7) is 2.41. The summed E-state index contributed by atoms with van der Waals surface area (Å²) in [5.41, 5.74) is 10.2. The normalized spacial score (nSPS) is 11.2. The molecule has 0 radical (unpaired) electrons. The Balaban J connectivity index is 0.000000538. The molecule has 0 atom stereocenters. The van der Waals surface area contributed by atoms with E-state index >= 15 is 0 Å². The highest BCUT2D eigenvalue weighted by atomic mass is 79.9. The second-order valence-electron chi connectivity index (χ2n) is 7.77. The van der Waals surface area contributed by atoms with Crippen molar-refractivity contribution < 1.29 is 22.8 Å². The molecule has 3 heterocycles. The van der Waals surface area contributed by atoms with Gasteiger partial charge in [-0.1, -0.05) is 27.5 Å². The lowest BCUT2D eigenvalue weighted by molar-refractivity contribution is -0.156. The number of nitrogens with two attached hydrogens (primary N) is 1. The SMILES string of the molecule is Cc1c(CC(=O)Cc2cnc(-n3cc(CN)cn3)c(Cl)c2)cnc2ccc(Br)cc12.O=CC(F)(F)F. The van der Waals surface area contributed by atoms with Gasteiger partial charge in [0.25, 0.3) is 0 Å². The van der Waals surface area contributed by atoms with E-state index in [1.54, 1.807) is 35.5 Å². The first kappa shape index (κ1) is 27.4. The van der Waals surface area contributed by atoms with Crippen LogP contribution in [0.1, 0.15) is 22.3 Å². The van der Waals surface area contributed by atoms with Crippen molar-refractivity contribution in [1.82, 2.24) is 19.7 Å². The molecule has 0 amide bonds. The van der Waals surface area contributed by atoms with Crippen molar-refractivity contribution in [3.63, 3.8) is 0 Å². The number of fused-ring (bicyclic) bond motifs is 1. The van der Waals surface area contributed by atoms with Crippen LogP contribution in [0.25, 0.3) is 16.7 Å². The summed E-state index contributed by atoms with van der Waals surface area (Å²) >= 11 is 9.88. The molecule has 7 nitrogen and oxygen atoms in total. The summed E-state index contributed by atoms with van der Waals surface area (Å²) in [4.78, 5) is 30.3. The summed E-state index contributed by atoms with van der Waals surface area (Å²) in [5, 5.41) is 5.69. The van der Waals surface area contributed by atoms with Crippen LogP contribution in [0.3, 0.4) is 0 Å². The average molecular weight is 583 g/mol. The van der Waals surface area contributed by atoms with Gasteiger partial charge in [-0.05, 0) is 47.9 Å². The van der Waals surface area contributed by atoms with Gasteiger partial charge in [-0.2, -0.15) is 18.3 Å². The minimum atomic E-state index is -4.64. The standard InChI is InChI=1S/C22H19BrClN5O.C2HF3O/c1-13-16(11-26-21-3-2-17(23)7-19(13)21)6-18(30)4-14-5-20(24)22(27-9-14)29-12-15(8-25)10-28-29;3-2(4,5)1-6/h2-3,5,7,9-12H,4,6,8,25H2,1H3;1H. The number of carbonyl (C=O) groups excluding carboxylic acids is 2. The maximum atomic E-state index is 12.7. The molecule has 0 fully saturated rings. The van der Waals surface area contributed by atoms with E-state index in [4.69, 9.17) is 22.1 Å². The van der Waals surface area contributed by atoms with Gasteiger partial charge >= 0.3 is 6.18 Å². The second-order valence-corrected chi connectivity index (χ2v) is 9.09. The molecule has 0 saturated carbocycles. The molecule has 0 saturated heterocycles. The average Bonchev–Trinajstić information content (AvgIpc) is 3.30. The van der Waals surface area contributed by atoms with Crippen LogP contribution in [0, 0.1) is 6.92 Å². The molecule has 1 aromatic carbocycles. The van der Waals surface area contributed by atoms with Crippen LogP contribution in [0.4, 0.5) is 13.2 Å². The maximum Gasteiger partial charge on any atom is 0.446 e. The van der Waals surface area contributed by atoms with Gasteiger partial charge in [-0.3, -0.25) is 14.6 Å². The first-order chi connectivity index (χ1) is 17.0. The van der Waals surface area contributed by atoms with Gasteiger partial charge in [0.1, 0.15) is 5.78 Å². The second kappa shape index (κ2) is 11.7. The third kappa shape index (κ3) is 7.19. The summed E-state index contributed by atoms with van der Waals surface area (Å²) in [6.07, 6.45) is 1.75. The van der Waals surface area contributed by atoms with Crippen LogP contribution in [-0.2, 0) is 29.0 Å². The van der Waals surface area contributed by atoms with E-state index in [1.807, 2.05) is 25.1 Å². The highest BCUT2D eigenvalue weighted by Crippen LogP contribution is 2.25. The van der Waals surface area contributed by atoms with Crippen LogP contribution in [0.5, 0.6) is 0 Å². The third-order valence-electron chi connectivity index (χ3n) is 5.09. The highest BCUT2D eigenvalue weighted by molar-refractivity contribution is 9.10. The fourth-order valence-electron chi connectivity index (χ4n) is 3.34. The lowest BCUT2D eigenvalue weighted by atomic mass is 9.99. The van der Waals surface area contributed by atoms with Crippen molar-refractivity contribution in [3.8, 4) is 5.82 Å². The molecule has 2 N–H and O–H groups in total. The fourth-order valence-corrected chi connectivity index (χ4v) is 3.97. The van der Waals surface area contributed by atoms with Gasteiger partial charge in [-0.15, -0.1) is 0 Å². The largest absolute Gasteiger partial charge is 0.446 e. The first-order valence-corrected chi connectivity index (χ1v) is 11.6. The minimum Gasteiger partial charge on any atom is -0.326 e. The predicted octanol–water partition coefficient (Wildman–Crippen LogP) is 5.10. The van der Waals surface area contributed by atoms with Gasteiger partial charge in [0.05, 0.1) is 16.7 Å². The number of ketones is 1. The zero-order valence-corrected chi connectivity index (χ0v) is 21.2. The number of halogens is 5. The topological polar surface area (TPSA) is 104 Å². The number of rotatable bonds is 6. The molecule has 4 rings (SSSR count). The Morgan fingerprint density at radius 3 is 2.47 bits per heavy atom. The predicted molar refractivity (Wildman–Crippen MR) is 133 cm³/mol. The van der Waals surface area contributed by atoms with Crippen LogP contribution in [-0.4, -0.2) is 38.0 Å². The number of aldehydes is 1. The van der Waals surface area contributed by atoms with Gasteiger partial charge in [0.15, 0.2) is 5.82 Å². The van der Waals surface area contributed by atoms with Gasteiger partial charge < -0.3 is 5.73 Å². The van der Waals surface area contributed by atoms with Gasteiger partial charge in [-0.25, -0.2) is 9.67 Å². The van der Waals surface area contributed by atoms with Crippen LogP contribution >= 0.6 is 27.5 Å². The number of carbonyl (C=O) groups is 2. The molecule has 0 spiro atoms. The number of hydrogen-bond acceptors (Lipinski definition) is 6. The van der Waals surface area contributed by atoms with Crippen molar-refractivity contribution >= 4 is 50.5 Å². The quantitative estimate of drug-likeness (QED) is 0.317. The molecule has 0 aliphatic rings. The number of pyridine rings is 2. The highest BCUT2D eigenvalue weighted by Gasteiger charge is 2.24. The van der Waals surface area contributed by atoms with E-state index in [2.05, 4.69) is 31.0 Å². The summed E-state index contributed by atoms with van der Waals surface area (Å²) < 4.78 is 33.8. The van der Waals surface area contributed by atoms with Crippen LogP contribution < -0.4 is 5.73 Å². The smallest absolute Gasteiger partial charge is 0.326 e. The Morgan fingerprint density at radius 2 is 1.86 bits per heavy atom. The van der Waals surface area contributed by atoms with Crippen molar-refractivity contribution in [2.45, 2.75) is 32.5 Å².